The van der Waals surface area contributed by atoms with Crippen molar-refractivity contribution in [1.82, 2.24) is 0 Å². The van der Waals surface area contributed by atoms with E-state index in [1.54, 1.807) is 26.0 Å². The monoisotopic (exact) mass is 289 g/mol. The lowest BCUT2D eigenvalue weighted by molar-refractivity contribution is -0.145. The summed E-state index contributed by atoms with van der Waals surface area (Å²) in [5.74, 6) is -0.736. The van der Waals surface area contributed by atoms with Gasteiger partial charge in [-0.2, -0.15) is 0 Å². The van der Waals surface area contributed by atoms with Gasteiger partial charge in [-0.15, -0.1) is 0 Å². The number of hydrogen-bond donors (Lipinski definition) is 1. The van der Waals surface area contributed by atoms with Gasteiger partial charge in [-0.1, -0.05) is 0 Å². The molecule has 1 aromatic rings. The summed E-state index contributed by atoms with van der Waals surface area (Å²) in [4.78, 5) is 11.2. The molecule has 3 nitrogen and oxygen atoms in total. The van der Waals surface area contributed by atoms with Gasteiger partial charge >= 0.3 is 5.97 Å². The molecule has 0 aliphatic rings. The van der Waals surface area contributed by atoms with Crippen LogP contribution in [0.15, 0.2) is 22.7 Å². The lowest BCUT2D eigenvalue weighted by Gasteiger charge is -2.09. The maximum atomic E-state index is 13.1. The summed E-state index contributed by atoms with van der Waals surface area (Å²) >= 11 is 3.05. The molecule has 0 saturated heterocycles. The SMILES string of the molecule is CC(C)OC(=O)CNc1ccc(Br)c(F)c1. The van der Waals surface area contributed by atoms with E-state index in [1.807, 2.05) is 0 Å². The third kappa shape index (κ3) is 4.18. The zero-order chi connectivity index (χ0) is 12.1. The third-order valence-corrected chi connectivity index (χ3v) is 2.37. The number of halogens is 2. The summed E-state index contributed by atoms with van der Waals surface area (Å²) in [6.45, 7) is 3.58. The van der Waals surface area contributed by atoms with E-state index < -0.39 is 0 Å². The number of ether oxygens (including phenoxy) is 1. The van der Waals surface area contributed by atoms with Crippen LogP contribution in [0.5, 0.6) is 0 Å². The summed E-state index contributed by atoms with van der Waals surface area (Å²) in [6, 6.07) is 4.56. The average molecular weight is 290 g/mol. The van der Waals surface area contributed by atoms with Crippen LogP contribution in [0, 0.1) is 5.82 Å². The van der Waals surface area contributed by atoms with E-state index in [0.29, 0.717) is 10.2 Å². The summed E-state index contributed by atoms with van der Waals surface area (Å²) in [6.07, 6.45) is -0.143. The lowest BCUT2D eigenvalue weighted by Crippen LogP contribution is -2.20. The molecule has 0 aromatic heterocycles. The van der Waals surface area contributed by atoms with E-state index in [0.717, 1.165) is 0 Å². The van der Waals surface area contributed by atoms with Gasteiger partial charge in [0.25, 0.3) is 0 Å². The van der Waals surface area contributed by atoms with E-state index in [9.17, 15) is 9.18 Å². The van der Waals surface area contributed by atoms with Crippen molar-refractivity contribution < 1.29 is 13.9 Å². The molecular weight excluding hydrogens is 277 g/mol. The molecule has 16 heavy (non-hydrogen) atoms. The van der Waals surface area contributed by atoms with Crippen LogP contribution < -0.4 is 5.32 Å². The highest BCUT2D eigenvalue weighted by atomic mass is 79.9. The molecule has 0 fully saturated rings. The smallest absolute Gasteiger partial charge is 0.325 e. The van der Waals surface area contributed by atoms with E-state index in [4.69, 9.17) is 4.74 Å². The first kappa shape index (κ1) is 13.0. The Balaban J connectivity index is 2.48. The molecule has 88 valence electrons. The minimum atomic E-state index is -0.373. The minimum absolute atomic E-state index is 0.0270. The normalized spacial score (nSPS) is 10.3. The van der Waals surface area contributed by atoms with Crippen LogP contribution in [0.2, 0.25) is 0 Å². The molecular formula is C11H13BrFNO2. The van der Waals surface area contributed by atoms with Crippen molar-refractivity contribution >= 4 is 27.6 Å². The van der Waals surface area contributed by atoms with Gasteiger partial charge in [0.2, 0.25) is 0 Å². The molecule has 0 atom stereocenters. The fourth-order valence-electron chi connectivity index (χ4n) is 1.08. The third-order valence-electron chi connectivity index (χ3n) is 1.72. The van der Waals surface area contributed by atoms with Crippen LogP contribution in [0.3, 0.4) is 0 Å². The van der Waals surface area contributed by atoms with Gasteiger partial charge in [-0.25, -0.2) is 4.39 Å². The second-order valence-electron chi connectivity index (χ2n) is 3.52. The Kier molecular flexibility index (Phi) is 4.73. The van der Waals surface area contributed by atoms with Crippen molar-refractivity contribution in [3.63, 3.8) is 0 Å². The van der Waals surface area contributed by atoms with Crippen molar-refractivity contribution in [1.29, 1.82) is 0 Å². The molecule has 0 radical (unpaired) electrons. The fraction of sp³-hybridized carbons (Fsp3) is 0.364. The maximum Gasteiger partial charge on any atom is 0.325 e. The topological polar surface area (TPSA) is 38.3 Å². The number of nitrogens with one attached hydrogen (secondary N) is 1. The van der Waals surface area contributed by atoms with Crippen LogP contribution in [-0.2, 0) is 9.53 Å². The summed E-state index contributed by atoms with van der Waals surface area (Å²) < 4.78 is 18.4. The fourth-order valence-corrected chi connectivity index (χ4v) is 1.33. The highest BCUT2D eigenvalue weighted by Gasteiger charge is 2.06. The largest absolute Gasteiger partial charge is 0.462 e. The van der Waals surface area contributed by atoms with Crippen molar-refractivity contribution in [2.45, 2.75) is 20.0 Å². The van der Waals surface area contributed by atoms with Crippen molar-refractivity contribution in [3.8, 4) is 0 Å². The van der Waals surface area contributed by atoms with Gasteiger partial charge in [0.05, 0.1) is 10.6 Å². The zero-order valence-electron chi connectivity index (χ0n) is 9.09. The molecule has 5 heteroatoms. The minimum Gasteiger partial charge on any atom is -0.462 e. The van der Waals surface area contributed by atoms with Gasteiger partial charge in [-0.3, -0.25) is 4.79 Å². The predicted octanol–water partition coefficient (Wildman–Crippen LogP) is 2.95. The van der Waals surface area contributed by atoms with Gasteiger partial charge in [0.15, 0.2) is 0 Å². The Morgan fingerprint density at radius 3 is 2.81 bits per heavy atom. The molecule has 1 aromatic carbocycles. The van der Waals surface area contributed by atoms with Crippen LogP contribution in [-0.4, -0.2) is 18.6 Å². The number of benzene rings is 1. The molecule has 0 spiro atoms. The van der Waals surface area contributed by atoms with Gasteiger partial charge in [0, 0.05) is 5.69 Å². The Hall–Kier alpha value is -1.10. The molecule has 0 aliphatic heterocycles. The van der Waals surface area contributed by atoms with Crippen molar-refractivity contribution in [2.75, 3.05) is 11.9 Å². The van der Waals surface area contributed by atoms with E-state index in [1.165, 1.54) is 6.07 Å². The van der Waals surface area contributed by atoms with Gasteiger partial charge in [0.1, 0.15) is 12.4 Å². The first-order chi connectivity index (χ1) is 7.49. The number of carbonyl (C=O) groups excluding carboxylic acids is 1. The maximum absolute atomic E-state index is 13.1. The second-order valence-corrected chi connectivity index (χ2v) is 4.38. The standard InChI is InChI=1S/C11H13BrFNO2/c1-7(2)16-11(15)6-14-8-3-4-9(12)10(13)5-8/h3-5,7,14H,6H2,1-2H3. The van der Waals surface area contributed by atoms with Gasteiger partial charge in [-0.05, 0) is 48.0 Å². The quantitative estimate of drug-likeness (QED) is 0.866. The van der Waals surface area contributed by atoms with Crippen LogP contribution in [0.25, 0.3) is 0 Å². The first-order valence-corrected chi connectivity index (χ1v) is 5.66. The predicted molar refractivity (Wildman–Crippen MR) is 63.8 cm³/mol. The highest BCUT2D eigenvalue weighted by Crippen LogP contribution is 2.19. The average Bonchev–Trinajstić information content (AvgIpc) is 2.19. The molecule has 0 amide bonds. The first-order valence-electron chi connectivity index (χ1n) is 4.87. The van der Waals surface area contributed by atoms with E-state index >= 15 is 0 Å². The number of anilines is 1. The molecule has 0 heterocycles. The highest BCUT2D eigenvalue weighted by molar-refractivity contribution is 9.10. The molecule has 0 saturated carbocycles. The van der Waals surface area contributed by atoms with E-state index in [-0.39, 0.29) is 24.4 Å². The zero-order valence-corrected chi connectivity index (χ0v) is 10.7. The van der Waals surface area contributed by atoms with Gasteiger partial charge < -0.3 is 10.1 Å². The molecule has 0 aliphatic carbocycles. The molecule has 1 N–H and O–H groups in total. The Labute approximate surface area is 102 Å². The van der Waals surface area contributed by atoms with Crippen LogP contribution >= 0.6 is 15.9 Å². The molecule has 1 rings (SSSR count). The summed E-state index contributed by atoms with van der Waals surface area (Å²) in [7, 11) is 0. The number of esters is 1. The van der Waals surface area contributed by atoms with Crippen LogP contribution in [0.1, 0.15) is 13.8 Å². The Morgan fingerprint density at radius 2 is 2.25 bits per heavy atom. The molecule has 0 bridgehead atoms. The Bertz CT molecular complexity index is 382. The summed E-state index contributed by atoms with van der Waals surface area (Å²) in [5.41, 5.74) is 0.543. The lowest BCUT2D eigenvalue weighted by atomic mass is 10.3. The summed E-state index contributed by atoms with van der Waals surface area (Å²) in [5, 5.41) is 2.78. The van der Waals surface area contributed by atoms with E-state index in [2.05, 4.69) is 21.2 Å². The van der Waals surface area contributed by atoms with Crippen molar-refractivity contribution in [3.05, 3.63) is 28.5 Å². The second kappa shape index (κ2) is 5.84. The van der Waals surface area contributed by atoms with Crippen molar-refractivity contribution in [2.24, 2.45) is 0 Å². The Morgan fingerprint density at radius 1 is 1.56 bits per heavy atom. The number of rotatable bonds is 4. The molecule has 0 unspecified atom stereocenters. The van der Waals surface area contributed by atoms with Crippen LogP contribution in [0.4, 0.5) is 10.1 Å². The number of hydrogen-bond acceptors (Lipinski definition) is 3. The number of carbonyl (C=O) groups is 1.